The molecule has 0 saturated heterocycles. The largest absolute Gasteiger partial charge is 0.353 e. The highest BCUT2D eigenvalue weighted by atomic mass is 31.2. The van der Waals surface area contributed by atoms with Crippen LogP contribution < -0.4 is 0 Å². The Balaban J connectivity index is 4.26. The first-order chi connectivity index (χ1) is 5.67. The van der Waals surface area contributed by atoms with E-state index in [0.29, 0.717) is 0 Å². The van der Waals surface area contributed by atoms with Crippen molar-refractivity contribution in [3.8, 4) is 0 Å². The Labute approximate surface area is 73.3 Å². The summed E-state index contributed by atoms with van der Waals surface area (Å²) in [6.45, 7) is 0. The lowest BCUT2D eigenvalue weighted by Crippen LogP contribution is -2.07. The van der Waals surface area contributed by atoms with Crippen molar-refractivity contribution < 1.29 is 28.7 Å². The van der Waals surface area contributed by atoms with Crippen molar-refractivity contribution in [2.45, 2.75) is 12.2 Å². The van der Waals surface area contributed by atoms with Gasteiger partial charge in [0.1, 0.15) is 0 Å². The molecule has 0 aromatic carbocycles. The third-order valence-corrected chi connectivity index (χ3v) is 3.16. The maximum absolute atomic E-state index is 10.4. The molecule has 0 bridgehead atoms. The van der Waals surface area contributed by atoms with Crippen molar-refractivity contribution in [2.75, 3.05) is 6.16 Å². The molecule has 0 radical (unpaired) electrons. The maximum Gasteiger partial charge on any atom is 0.353 e. The van der Waals surface area contributed by atoms with E-state index >= 15 is 0 Å². The monoisotopic (exact) mass is 233 g/mol. The van der Waals surface area contributed by atoms with Crippen LogP contribution in [0.25, 0.3) is 0 Å². The van der Waals surface area contributed by atoms with E-state index in [9.17, 15) is 14.0 Å². The first-order valence-electron chi connectivity index (χ1n) is 3.09. The molecule has 8 nitrogen and oxygen atoms in total. The molecular formula is C3H9NO7P2. The summed E-state index contributed by atoms with van der Waals surface area (Å²) in [5.74, 6) is -1.87. The molecule has 0 aromatic rings. The minimum absolute atomic E-state index is 0.627. The van der Waals surface area contributed by atoms with Gasteiger partial charge in [-0.25, -0.2) is 0 Å². The summed E-state index contributed by atoms with van der Waals surface area (Å²) in [5, 5.41) is 2.11. The number of rotatable bonds is 5. The summed E-state index contributed by atoms with van der Waals surface area (Å²) < 4.78 is 20.7. The Morgan fingerprint density at radius 2 is 1.62 bits per heavy atom. The summed E-state index contributed by atoms with van der Waals surface area (Å²) in [6.07, 6.45) is -1.40. The molecule has 1 atom stereocenters. The average Bonchev–Trinajstić information content (AvgIpc) is 1.82. The van der Waals surface area contributed by atoms with Gasteiger partial charge in [0.2, 0.25) is 0 Å². The molecule has 1 unspecified atom stereocenters. The normalized spacial score (nSPS) is 15.4. The quantitative estimate of drug-likeness (QED) is 0.380. The van der Waals surface area contributed by atoms with Gasteiger partial charge in [0.25, 0.3) is 0 Å². The van der Waals surface area contributed by atoms with E-state index in [0.717, 1.165) is 0 Å². The van der Waals surface area contributed by atoms with Gasteiger partial charge in [-0.2, -0.15) is 0 Å². The summed E-state index contributed by atoms with van der Waals surface area (Å²) in [5.41, 5.74) is 0. The third-order valence-electron chi connectivity index (χ3n) is 1.19. The Bertz CT molecular complexity index is 265. The van der Waals surface area contributed by atoms with E-state index in [2.05, 4.69) is 5.18 Å². The topological polar surface area (TPSA) is 144 Å². The lowest BCUT2D eigenvalue weighted by molar-refractivity contribution is 0.352. The zero-order valence-corrected chi connectivity index (χ0v) is 8.14. The first-order valence-corrected chi connectivity index (χ1v) is 6.57. The SMILES string of the molecule is O=NC(CCP(=O)(O)O)P(=O)(O)O. The lowest BCUT2D eigenvalue weighted by Gasteiger charge is -2.10. The standard InChI is InChI=1S/C3H9NO7P2/c5-4-3(13(9,10)11)1-2-12(6,7)8/h3H,1-2H2,(H2,6,7,8)(H2,9,10,11). The van der Waals surface area contributed by atoms with Crippen LogP contribution in [-0.4, -0.2) is 31.5 Å². The van der Waals surface area contributed by atoms with E-state index in [1.54, 1.807) is 0 Å². The highest BCUT2D eigenvalue weighted by Gasteiger charge is 2.31. The fourth-order valence-electron chi connectivity index (χ4n) is 0.566. The molecule has 0 saturated carbocycles. The maximum atomic E-state index is 10.4. The molecule has 0 rings (SSSR count). The van der Waals surface area contributed by atoms with E-state index in [1.165, 1.54) is 0 Å². The summed E-state index contributed by atoms with van der Waals surface area (Å²) >= 11 is 0. The number of nitrogens with zero attached hydrogens (tertiary/aromatic N) is 1. The molecule has 0 amide bonds. The molecule has 78 valence electrons. The van der Waals surface area contributed by atoms with Crippen LogP contribution in [0.4, 0.5) is 0 Å². The molecule has 0 spiro atoms. The molecule has 0 heterocycles. The van der Waals surface area contributed by atoms with Crippen LogP contribution in [-0.2, 0) is 9.13 Å². The van der Waals surface area contributed by atoms with Gasteiger partial charge in [-0.1, -0.05) is 5.18 Å². The lowest BCUT2D eigenvalue weighted by atomic mass is 10.5. The van der Waals surface area contributed by atoms with Crippen molar-refractivity contribution in [1.29, 1.82) is 0 Å². The van der Waals surface area contributed by atoms with Crippen LogP contribution in [0.2, 0.25) is 0 Å². The van der Waals surface area contributed by atoms with Crippen LogP contribution in [0.1, 0.15) is 6.42 Å². The fourth-order valence-corrected chi connectivity index (χ4v) is 1.94. The van der Waals surface area contributed by atoms with Gasteiger partial charge in [-0.15, -0.1) is 4.91 Å². The predicted octanol–water partition coefficient (Wildman–Crippen LogP) is -0.176. The second-order valence-electron chi connectivity index (χ2n) is 2.35. The summed E-state index contributed by atoms with van der Waals surface area (Å²) in [6, 6.07) is 0. The molecule has 0 aliphatic carbocycles. The van der Waals surface area contributed by atoms with E-state index in [-0.39, 0.29) is 0 Å². The Kier molecular flexibility index (Phi) is 4.38. The van der Waals surface area contributed by atoms with Crippen molar-refractivity contribution >= 4 is 15.2 Å². The van der Waals surface area contributed by atoms with Crippen LogP contribution in [0.15, 0.2) is 5.18 Å². The van der Waals surface area contributed by atoms with Gasteiger partial charge in [0.05, 0.1) is 6.16 Å². The van der Waals surface area contributed by atoms with Gasteiger partial charge in [0, 0.05) is 0 Å². The van der Waals surface area contributed by atoms with Crippen LogP contribution in [0, 0.1) is 4.91 Å². The van der Waals surface area contributed by atoms with Crippen LogP contribution in [0.5, 0.6) is 0 Å². The van der Waals surface area contributed by atoms with Gasteiger partial charge >= 0.3 is 15.2 Å². The molecule has 4 N–H and O–H groups in total. The van der Waals surface area contributed by atoms with Crippen LogP contribution in [0.3, 0.4) is 0 Å². The zero-order valence-electron chi connectivity index (χ0n) is 6.35. The van der Waals surface area contributed by atoms with E-state index in [4.69, 9.17) is 19.6 Å². The Morgan fingerprint density at radius 3 is 1.85 bits per heavy atom. The third kappa shape index (κ3) is 6.04. The molecule has 10 heteroatoms. The Hall–Kier alpha value is -0.100. The van der Waals surface area contributed by atoms with Gasteiger partial charge in [-0.05, 0) is 6.42 Å². The molecule has 0 aromatic heterocycles. The van der Waals surface area contributed by atoms with E-state index in [1.807, 2.05) is 0 Å². The highest BCUT2D eigenvalue weighted by Crippen LogP contribution is 2.46. The number of hydrogen-bond acceptors (Lipinski definition) is 4. The van der Waals surface area contributed by atoms with Crippen molar-refractivity contribution in [1.82, 2.24) is 0 Å². The highest BCUT2D eigenvalue weighted by molar-refractivity contribution is 7.53. The van der Waals surface area contributed by atoms with Crippen molar-refractivity contribution in [3.63, 3.8) is 0 Å². The average molecular weight is 233 g/mol. The van der Waals surface area contributed by atoms with Crippen LogP contribution >= 0.6 is 15.2 Å². The Morgan fingerprint density at radius 1 is 1.15 bits per heavy atom. The molecule has 0 fully saturated rings. The summed E-state index contributed by atoms with van der Waals surface area (Å²) in [7, 11) is -9.03. The molecule has 13 heavy (non-hydrogen) atoms. The van der Waals surface area contributed by atoms with Gasteiger partial charge < -0.3 is 19.6 Å². The van der Waals surface area contributed by atoms with Gasteiger partial charge in [0.15, 0.2) is 5.78 Å². The summed E-state index contributed by atoms with van der Waals surface area (Å²) in [4.78, 5) is 43.4. The smallest absolute Gasteiger partial charge is 0.324 e. The first kappa shape index (κ1) is 12.9. The van der Waals surface area contributed by atoms with Crippen molar-refractivity contribution in [3.05, 3.63) is 4.91 Å². The number of hydrogen-bond donors (Lipinski definition) is 4. The zero-order chi connectivity index (χ0) is 10.7. The predicted molar refractivity (Wildman–Crippen MR) is 43.2 cm³/mol. The van der Waals surface area contributed by atoms with E-state index < -0.39 is 33.6 Å². The second-order valence-corrected chi connectivity index (χ2v) is 5.90. The fraction of sp³-hybridized carbons (Fsp3) is 1.00. The molecular weight excluding hydrogens is 224 g/mol. The van der Waals surface area contributed by atoms with Crippen molar-refractivity contribution in [2.24, 2.45) is 5.18 Å². The molecule has 0 aliphatic heterocycles. The minimum atomic E-state index is -4.68. The second kappa shape index (κ2) is 4.41. The van der Waals surface area contributed by atoms with Gasteiger partial charge in [-0.3, -0.25) is 9.13 Å². The minimum Gasteiger partial charge on any atom is -0.324 e. The number of nitroso groups, excluding NO2 is 1. The molecule has 0 aliphatic rings.